The zero-order valence-corrected chi connectivity index (χ0v) is 11.3. The molecule has 0 aliphatic rings. The Morgan fingerprint density at radius 1 is 1.24 bits per heavy atom. The minimum atomic E-state index is -0.0181. The second-order valence-corrected chi connectivity index (χ2v) is 5.15. The lowest BCUT2D eigenvalue weighted by molar-refractivity contribution is -0.00886. The van der Waals surface area contributed by atoms with Crippen molar-refractivity contribution in [1.29, 1.82) is 0 Å². The Morgan fingerprint density at radius 2 is 1.82 bits per heavy atom. The van der Waals surface area contributed by atoms with Gasteiger partial charge < -0.3 is 15.4 Å². The van der Waals surface area contributed by atoms with Gasteiger partial charge in [-0.3, -0.25) is 0 Å². The third-order valence-corrected chi connectivity index (χ3v) is 3.23. The van der Waals surface area contributed by atoms with E-state index in [2.05, 4.69) is 45.0 Å². The summed E-state index contributed by atoms with van der Waals surface area (Å²) in [6.07, 6.45) is -0.0181. The van der Waals surface area contributed by atoms with Crippen LogP contribution in [0.1, 0.15) is 25.5 Å². The fourth-order valence-electron chi connectivity index (χ4n) is 1.40. The molecule has 0 aliphatic carbocycles. The minimum absolute atomic E-state index is 0.0161. The van der Waals surface area contributed by atoms with Gasteiger partial charge in [0.1, 0.15) is 0 Å². The normalized spacial score (nSPS) is 14.0. The van der Waals surface area contributed by atoms with Crippen molar-refractivity contribution >= 4 is 0 Å². The number of ether oxygens (including phenoxy) is 1. The first-order valence-corrected chi connectivity index (χ1v) is 6.01. The predicted octanol–water partition coefficient (Wildman–Crippen LogP) is 2.04. The Kier molecular flexibility index (Phi) is 5.12. The van der Waals surface area contributed by atoms with Crippen LogP contribution in [0.15, 0.2) is 30.3 Å². The van der Waals surface area contributed by atoms with Gasteiger partial charge in [-0.15, -0.1) is 0 Å². The summed E-state index contributed by atoms with van der Waals surface area (Å²) in [5, 5.41) is 0. The average Bonchev–Trinajstić information content (AvgIpc) is 2.31. The molecule has 0 saturated heterocycles. The SMILES string of the molecule is CN(C)C(C)(C)COC(CN)c1ccccc1. The maximum absolute atomic E-state index is 5.94. The van der Waals surface area contributed by atoms with Crippen molar-refractivity contribution in [2.75, 3.05) is 27.2 Å². The van der Waals surface area contributed by atoms with Crippen LogP contribution in [-0.4, -0.2) is 37.7 Å². The number of hydrogen-bond donors (Lipinski definition) is 1. The van der Waals surface area contributed by atoms with Crippen molar-refractivity contribution in [2.24, 2.45) is 5.73 Å². The lowest BCUT2D eigenvalue weighted by Gasteiger charge is -2.33. The highest BCUT2D eigenvalue weighted by atomic mass is 16.5. The summed E-state index contributed by atoms with van der Waals surface area (Å²) in [6.45, 7) is 5.49. The molecular weight excluding hydrogens is 212 g/mol. The molecule has 3 nitrogen and oxygen atoms in total. The maximum Gasteiger partial charge on any atom is 0.0947 e. The quantitative estimate of drug-likeness (QED) is 0.821. The Morgan fingerprint density at radius 3 is 2.29 bits per heavy atom. The zero-order chi connectivity index (χ0) is 12.9. The molecule has 17 heavy (non-hydrogen) atoms. The molecule has 1 unspecified atom stereocenters. The van der Waals surface area contributed by atoms with E-state index in [0.29, 0.717) is 13.2 Å². The largest absolute Gasteiger partial charge is 0.370 e. The van der Waals surface area contributed by atoms with Gasteiger partial charge in [-0.25, -0.2) is 0 Å². The smallest absolute Gasteiger partial charge is 0.0947 e. The van der Waals surface area contributed by atoms with Crippen molar-refractivity contribution in [2.45, 2.75) is 25.5 Å². The number of benzene rings is 1. The van der Waals surface area contributed by atoms with Crippen molar-refractivity contribution in [3.05, 3.63) is 35.9 Å². The molecule has 0 radical (unpaired) electrons. The van der Waals surface area contributed by atoms with E-state index in [9.17, 15) is 0 Å². The molecule has 0 saturated carbocycles. The van der Waals surface area contributed by atoms with E-state index in [1.54, 1.807) is 0 Å². The fraction of sp³-hybridized carbons (Fsp3) is 0.571. The molecular formula is C14H24N2O. The molecule has 0 aliphatic heterocycles. The van der Waals surface area contributed by atoms with Crippen LogP contribution in [0.25, 0.3) is 0 Å². The first kappa shape index (κ1) is 14.2. The highest BCUT2D eigenvalue weighted by Crippen LogP contribution is 2.19. The summed E-state index contributed by atoms with van der Waals surface area (Å²) in [6, 6.07) is 10.1. The number of rotatable bonds is 6. The highest BCUT2D eigenvalue weighted by molar-refractivity contribution is 5.17. The zero-order valence-electron chi connectivity index (χ0n) is 11.3. The Bertz CT molecular complexity index is 322. The van der Waals surface area contributed by atoms with E-state index in [1.807, 2.05) is 18.2 Å². The van der Waals surface area contributed by atoms with Crippen LogP contribution in [0, 0.1) is 0 Å². The van der Waals surface area contributed by atoms with Crippen LogP contribution in [-0.2, 0) is 4.74 Å². The standard InChI is InChI=1S/C14H24N2O/c1-14(2,16(3)4)11-17-13(10-15)12-8-6-5-7-9-12/h5-9,13H,10-11,15H2,1-4H3. The Hall–Kier alpha value is -0.900. The van der Waals surface area contributed by atoms with Crippen molar-refractivity contribution in [1.82, 2.24) is 4.90 Å². The topological polar surface area (TPSA) is 38.5 Å². The minimum Gasteiger partial charge on any atom is -0.370 e. The molecule has 0 amide bonds. The molecule has 0 spiro atoms. The number of nitrogens with two attached hydrogens (primary N) is 1. The summed E-state index contributed by atoms with van der Waals surface area (Å²) < 4.78 is 5.94. The monoisotopic (exact) mass is 236 g/mol. The maximum atomic E-state index is 5.94. The predicted molar refractivity (Wildman–Crippen MR) is 72.0 cm³/mol. The van der Waals surface area contributed by atoms with Crippen molar-refractivity contribution in [3.8, 4) is 0 Å². The van der Waals surface area contributed by atoms with Crippen LogP contribution >= 0.6 is 0 Å². The van der Waals surface area contributed by atoms with Crippen LogP contribution in [0.5, 0.6) is 0 Å². The second kappa shape index (κ2) is 6.15. The van der Waals surface area contributed by atoms with Gasteiger partial charge in [0.25, 0.3) is 0 Å². The lowest BCUT2D eigenvalue weighted by atomic mass is 10.1. The van der Waals surface area contributed by atoms with Gasteiger partial charge in [-0.2, -0.15) is 0 Å². The van der Waals surface area contributed by atoms with Gasteiger partial charge >= 0.3 is 0 Å². The first-order chi connectivity index (χ1) is 7.97. The fourth-order valence-corrected chi connectivity index (χ4v) is 1.40. The van der Waals surface area contributed by atoms with Gasteiger partial charge in [0.05, 0.1) is 12.7 Å². The number of nitrogens with zero attached hydrogens (tertiary/aromatic N) is 1. The molecule has 1 rings (SSSR count). The highest BCUT2D eigenvalue weighted by Gasteiger charge is 2.22. The summed E-state index contributed by atoms with van der Waals surface area (Å²) in [5.41, 5.74) is 6.93. The van der Waals surface area contributed by atoms with Gasteiger partial charge in [0, 0.05) is 12.1 Å². The van der Waals surface area contributed by atoms with Gasteiger partial charge in [0.15, 0.2) is 0 Å². The van der Waals surface area contributed by atoms with Gasteiger partial charge in [-0.05, 0) is 33.5 Å². The van der Waals surface area contributed by atoms with E-state index >= 15 is 0 Å². The second-order valence-electron chi connectivity index (χ2n) is 5.15. The molecule has 1 atom stereocenters. The molecule has 2 N–H and O–H groups in total. The van der Waals surface area contributed by atoms with E-state index in [4.69, 9.17) is 10.5 Å². The first-order valence-electron chi connectivity index (χ1n) is 6.01. The average molecular weight is 236 g/mol. The number of hydrogen-bond acceptors (Lipinski definition) is 3. The van der Waals surface area contributed by atoms with Crippen molar-refractivity contribution in [3.63, 3.8) is 0 Å². The summed E-state index contributed by atoms with van der Waals surface area (Å²) in [7, 11) is 4.12. The van der Waals surface area contributed by atoms with Crippen molar-refractivity contribution < 1.29 is 4.74 Å². The van der Waals surface area contributed by atoms with Gasteiger partial charge in [0.2, 0.25) is 0 Å². The van der Waals surface area contributed by atoms with Crippen LogP contribution in [0.2, 0.25) is 0 Å². The van der Waals surface area contributed by atoms with E-state index < -0.39 is 0 Å². The number of likely N-dealkylation sites (N-methyl/N-ethyl adjacent to an activating group) is 1. The van der Waals surface area contributed by atoms with Crippen LogP contribution in [0.4, 0.5) is 0 Å². The molecule has 1 aromatic carbocycles. The molecule has 1 aromatic rings. The van der Waals surface area contributed by atoms with Crippen LogP contribution in [0.3, 0.4) is 0 Å². The van der Waals surface area contributed by atoms with Gasteiger partial charge in [-0.1, -0.05) is 30.3 Å². The van der Waals surface area contributed by atoms with E-state index in [1.165, 1.54) is 0 Å². The summed E-state index contributed by atoms with van der Waals surface area (Å²) in [5.74, 6) is 0. The van der Waals surface area contributed by atoms with E-state index in [0.717, 1.165) is 5.56 Å². The molecule has 0 bridgehead atoms. The molecule has 0 heterocycles. The van der Waals surface area contributed by atoms with E-state index in [-0.39, 0.29) is 11.6 Å². The third kappa shape index (κ3) is 4.11. The molecule has 3 heteroatoms. The third-order valence-electron chi connectivity index (χ3n) is 3.23. The molecule has 0 fully saturated rings. The Balaban J connectivity index is 2.60. The summed E-state index contributed by atoms with van der Waals surface area (Å²) >= 11 is 0. The molecule has 96 valence electrons. The molecule has 0 aromatic heterocycles. The Labute approximate surface area is 105 Å². The van der Waals surface area contributed by atoms with Crippen LogP contribution < -0.4 is 5.73 Å². The lowest BCUT2D eigenvalue weighted by Crippen LogP contribution is -2.43. The summed E-state index contributed by atoms with van der Waals surface area (Å²) in [4.78, 5) is 2.16.